The number of ether oxygens (including phenoxy) is 2. The molecule has 7 heteroatoms. The largest absolute Gasteiger partial charge is 0.466 e. The zero-order valence-corrected chi connectivity index (χ0v) is 19.2. The van der Waals surface area contributed by atoms with Crippen molar-refractivity contribution in [3.05, 3.63) is 58.9 Å². The molecule has 31 heavy (non-hydrogen) atoms. The summed E-state index contributed by atoms with van der Waals surface area (Å²) >= 11 is 6.01. The third-order valence-electron chi connectivity index (χ3n) is 5.15. The van der Waals surface area contributed by atoms with Crippen LogP contribution in [0.3, 0.4) is 0 Å². The summed E-state index contributed by atoms with van der Waals surface area (Å²) in [6.07, 6.45) is 1.81. The van der Waals surface area contributed by atoms with Gasteiger partial charge in [0.25, 0.3) is 6.92 Å². The van der Waals surface area contributed by atoms with Crippen LogP contribution in [0.15, 0.2) is 42.5 Å². The molecule has 0 amide bonds. The van der Waals surface area contributed by atoms with Crippen LogP contribution in [0.2, 0.25) is 18.2 Å². The van der Waals surface area contributed by atoms with Gasteiger partial charge >= 0.3 is 5.97 Å². The molecule has 2 aromatic carbocycles. The molecule has 2 rings (SSSR count). The normalized spacial score (nSPS) is 13.0. The van der Waals surface area contributed by atoms with Crippen molar-refractivity contribution in [1.29, 1.82) is 0 Å². The minimum atomic E-state index is -0.486. The van der Waals surface area contributed by atoms with Crippen LogP contribution >= 0.6 is 11.6 Å². The van der Waals surface area contributed by atoms with Gasteiger partial charge in [-0.1, -0.05) is 42.7 Å². The number of benzene rings is 2. The van der Waals surface area contributed by atoms with Gasteiger partial charge < -0.3 is 14.5 Å². The lowest BCUT2D eigenvalue weighted by Gasteiger charge is -2.23. The lowest BCUT2D eigenvalue weighted by molar-refractivity contribution is -0.150. The first-order chi connectivity index (χ1) is 14.8. The van der Waals surface area contributed by atoms with E-state index in [4.69, 9.17) is 21.1 Å². The first-order valence-corrected chi connectivity index (χ1v) is 11.2. The van der Waals surface area contributed by atoms with E-state index >= 15 is 0 Å². The van der Waals surface area contributed by atoms with Crippen molar-refractivity contribution in [2.24, 2.45) is 11.8 Å². The highest BCUT2D eigenvalue weighted by atomic mass is 35.5. The first-order valence-electron chi connectivity index (χ1n) is 10.8. The summed E-state index contributed by atoms with van der Waals surface area (Å²) in [7, 11) is 0. The second-order valence-electron chi connectivity index (χ2n) is 7.82. The van der Waals surface area contributed by atoms with Crippen LogP contribution in [-0.4, -0.2) is 37.7 Å². The predicted octanol–water partition coefficient (Wildman–Crippen LogP) is 5.52. The van der Waals surface area contributed by atoms with Crippen LogP contribution in [0.5, 0.6) is 0 Å². The summed E-state index contributed by atoms with van der Waals surface area (Å²) in [5.41, 5.74) is 2.26. The van der Waals surface area contributed by atoms with Gasteiger partial charge in [-0.3, -0.25) is 4.79 Å². The Hall–Kier alpha value is -1.89. The highest BCUT2D eigenvalue weighted by molar-refractivity contribution is 6.48. The second-order valence-corrected chi connectivity index (χ2v) is 8.26. The Bertz CT molecular complexity index is 829. The minimum Gasteiger partial charge on any atom is -0.466 e. The van der Waals surface area contributed by atoms with Crippen molar-refractivity contribution in [3.63, 3.8) is 0 Å². The number of carbonyl (C=O) groups is 1. The summed E-state index contributed by atoms with van der Waals surface area (Å²) in [4.78, 5) is 12.4. The van der Waals surface area contributed by atoms with Crippen LogP contribution in [0.25, 0.3) is 11.1 Å². The van der Waals surface area contributed by atoms with Gasteiger partial charge in [0.05, 0.1) is 19.1 Å². The van der Waals surface area contributed by atoms with Gasteiger partial charge in [0, 0.05) is 17.2 Å². The minimum absolute atomic E-state index is 0.0728. The molecule has 1 N–H and O–H groups in total. The van der Waals surface area contributed by atoms with Crippen molar-refractivity contribution < 1.29 is 23.7 Å². The van der Waals surface area contributed by atoms with Crippen LogP contribution < -0.4 is 0 Å². The van der Waals surface area contributed by atoms with Gasteiger partial charge in [0.2, 0.25) is 0 Å². The molecule has 0 aromatic heterocycles. The number of esters is 1. The molecule has 4 nitrogen and oxygen atoms in total. The Morgan fingerprint density at radius 2 is 1.87 bits per heavy atom. The van der Waals surface area contributed by atoms with E-state index in [9.17, 15) is 14.2 Å². The third kappa shape index (κ3) is 8.28. The van der Waals surface area contributed by atoms with Crippen molar-refractivity contribution >= 4 is 24.5 Å². The molecule has 0 bridgehead atoms. The molecule has 0 saturated heterocycles. The van der Waals surface area contributed by atoms with E-state index in [0.29, 0.717) is 49.6 Å². The molecule has 0 radical (unpaired) electrons. The number of hydrogen-bond acceptors (Lipinski definition) is 4. The standard InChI is InChI=1S/C24H31BClFO4/c1-4-30-16-20(24(28)31-5-2)13-18(15-25(3)29)12-17-6-8-19(9-7-17)22-14-21(26)10-11-23(22)27/h6-11,14,18,20,29H,4-5,12-13,15-16H2,1-3H3/t18-,20+/m1/s1. The van der Waals surface area contributed by atoms with Crippen molar-refractivity contribution in [3.8, 4) is 11.1 Å². The van der Waals surface area contributed by atoms with Gasteiger partial charge in [-0.2, -0.15) is 0 Å². The Morgan fingerprint density at radius 1 is 1.16 bits per heavy atom. The third-order valence-corrected chi connectivity index (χ3v) is 5.39. The summed E-state index contributed by atoms with van der Waals surface area (Å²) in [5.74, 6) is -0.886. The Morgan fingerprint density at radius 3 is 2.48 bits per heavy atom. The van der Waals surface area contributed by atoms with Gasteiger partial charge in [0.15, 0.2) is 0 Å². The van der Waals surface area contributed by atoms with Gasteiger partial charge in [-0.05, 0) is 68.3 Å². The molecule has 0 spiro atoms. The molecule has 0 unspecified atom stereocenters. The lowest BCUT2D eigenvalue weighted by Crippen LogP contribution is -2.27. The lowest BCUT2D eigenvalue weighted by atomic mass is 9.62. The highest BCUT2D eigenvalue weighted by Gasteiger charge is 2.26. The summed E-state index contributed by atoms with van der Waals surface area (Å²) in [6.45, 7) is 6.09. The van der Waals surface area contributed by atoms with Crippen LogP contribution in [0, 0.1) is 17.7 Å². The topological polar surface area (TPSA) is 55.8 Å². The average molecular weight is 449 g/mol. The van der Waals surface area contributed by atoms with E-state index in [1.807, 2.05) is 31.2 Å². The predicted molar refractivity (Wildman–Crippen MR) is 124 cm³/mol. The van der Waals surface area contributed by atoms with E-state index in [-0.39, 0.29) is 23.6 Å². The Labute approximate surface area is 189 Å². The average Bonchev–Trinajstić information content (AvgIpc) is 2.73. The fourth-order valence-electron chi connectivity index (χ4n) is 3.77. The van der Waals surface area contributed by atoms with E-state index in [1.54, 1.807) is 19.8 Å². The monoisotopic (exact) mass is 448 g/mol. The maximum absolute atomic E-state index is 14.2. The number of rotatable bonds is 12. The molecular weight excluding hydrogens is 418 g/mol. The van der Waals surface area contributed by atoms with E-state index < -0.39 is 6.92 Å². The number of carbonyl (C=O) groups excluding carboxylic acids is 1. The SMILES string of the molecule is CCOC[C@H](C[C@H](CB(C)O)Cc1ccc(-c2cc(Cl)ccc2F)cc1)C(=O)OCC. The van der Waals surface area contributed by atoms with Crippen molar-refractivity contribution in [2.45, 2.75) is 39.8 Å². The summed E-state index contributed by atoms with van der Waals surface area (Å²) in [6, 6.07) is 12.1. The first kappa shape index (κ1) is 25.4. The Kier molecular flexibility index (Phi) is 10.5. The molecule has 0 aliphatic carbocycles. The van der Waals surface area contributed by atoms with Crippen LogP contribution in [0.4, 0.5) is 4.39 Å². The molecule has 0 aliphatic rings. The molecule has 2 atom stereocenters. The quantitative estimate of drug-likeness (QED) is 0.343. The van der Waals surface area contributed by atoms with Crippen molar-refractivity contribution in [1.82, 2.24) is 0 Å². The summed E-state index contributed by atoms with van der Waals surface area (Å²) in [5, 5.41) is 10.5. The molecule has 2 aromatic rings. The maximum Gasteiger partial charge on any atom is 0.311 e. The number of hydrogen-bond donors (Lipinski definition) is 1. The molecule has 168 valence electrons. The van der Waals surface area contributed by atoms with Crippen LogP contribution in [-0.2, 0) is 20.7 Å². The molecule has 0 fully saturated rings. The fourth-order valence-corrected chi connectivity index (χ4v) is 3.94. The maximum atomic E-state index is 14.2. The van der Waals surface area contributed by atoms with Crippen LogP contribution in [0.1, 0.15) is 25.8 Å². The molecule has 0 aliphatic heterocycles. The molecule has 0 saturated carbocycles. The second kappa shape index (κ2) is 12.8. The fraction of sp³-hybridized carbons (Fsp3) is 0.458. The van der Waals surface area contributed by atoms with E-state index in [0.717, 1.165) is 11.1 Å². The highest BCUT2D eigenvalue weighted by Crippen LogP contribution is 2.28. The Balaban J connectivity index is 2.15. The zero-order chi connectivity index (χ0) is 22.8. The van der Waals surface area contributed by atoms with Gasteiger partial charge in [0.1, 0.15) is 5.82 Å². The van der Waals surface area contributed by atoms with E-state index in [1.165, 1.54) is 12.1 Å². The summed E-state index contributed by atoms with van der Waals surface area (Å²) < 4.78 is 24.9. The smallest absolute Gasteiger partial charge is 0.311 e. The molecule has 0 heterocycles. The van der Waals surface area contributed by atoms with Gasteiger partial charge in [-0.15, -0.1) is 0 Å². The molecular formula is C24H31BClFO4. The van der Waals surface area contributed by atoms with Crippen molar-refractivity contribution in [2.75, 3.05) is 19.8 Å². The van der Waals surface area contributed by atoms with Gasteiger partial charge in [-0.25, -0.2) is 4.39 Å². The number of halogens is 2. The zero-order valence-electron chi connectivity index (χ0n) is 18.4. The van der Waals surface area contributed by atoms with E-state index in [2.05, 4.69) is 0 Å².